The van der Waals surface area contributed by atoms with Crippen LogP contribution in [0.5, 0.6) is 0 Å². The highest BCUT2D eigenvalue weighted by molar-refractivity contribution is 5.34. The van der Waals surface area contributed by atoms with Crippen molar-refractivity contribution < 1.29 is 0 Å². The second-order valence-corrected chi connectivity index (χ2v) is 6.38. The number of hydrogen-bond donors (Lipinski definition) is 2. The number of hydrazine groups is 1. The van der Waals surface area contributed by atoms with Gasteiger partial charge >= 0.3 is 0 Å². The van der Waals surface area contributed by atoms with Crippen molar-refractivity contribution >= 4 is 0 Å². The third-order valence-corrected chi connectivity index (χ3v) is 4.83. The first-order valence-corrected chi connectivity index (χ1v) is 7.63. The van der Waals surface area contributed by atoms with Gasteiger partial charge in [-0.05, 0) is 61.6 Å². The van der Waals surface area contributed by atoms with E-state index in [1.54, 1.807) is 0 Å². The molecular formula is C17H28N2. The van der Waals surface area contributed by atoms with E-state index in [0.29, 0.717) is 6.04 Å². The number of nitrogens with two attached hydrogens (primary N) is 1. The molecule has 1 aliphatic rings. The van der Waals surface area contributed by atoms with E-state index in [4.69, 9.17) is 5.84 Å². The average Bonchev–Trinajstić information content (AvgIpc) is 2.38. The minimum Gasteiger partial charge on any atom is -0.271 e. The first-order chi connectivity index (χ1) is 9.11. The highest BCUT2D eigenvalue weighted by Gasteiger charge is 2.26. The quantitative estimate of drug-likeness (QED) is 0.642. The molecule has 0 heterocycles. The molecule has 2 rings (SSSR count). The van der Waals surface area contributed by atoms with E-state index in [1.807, 2.05) is 0 Å². The van der Waals surface area contributed by atoms with Crippen molar-refractivity contribution in [2.75, 3.05) is 0 Å². The van der Waals surface area contributed by atoms with E-state index in [1.165, 1.54) is 42.4 Å². The topological polar surface area (TPSA) is 38.0 Å². The van der Waals surface area contributed by atoms with Crippen LogP contribution in [0, 0.1) is 25.7 Å². The molecule has 1 fully saturated rings. The summed E-state index contributed by atoms with van der Waals surface area (Å²) in [6.07, 6.45) is 6.45. The van der Waals surface area contributed by atoms with Crippen LogP contribution in [0.1, 0.15) is 49.3 Å². The van der Waals surface area contributed by atoms with Crippen LogP contribution in [-0.2, 0) is 6.42 Å². The Bertz CT molecular complexity index is 393. The van der Waals surface area contributed by atoms with Gasteiger partial charge in [-0.1, -0.05) is 38.0 Å². The van der Waals surface area contributed by atoms with E-state index >= 15 is 0 Å². The zero-order valence-electron chi connectivity index (χ0n) is 12.6. The third kappa shape index (κ3) is 3.58. The van der Waals surface area contributed by atoms with Gasteiger partial charge in [0, 0.05) is 6.04 Å². The highest BCUT2D eigenvalue weighted by atomic mass is 15.2. The molecule has 1 aliphatic carbocycles. The standard InChI is InChI=1S/C17H28N2/c1-12-6-4-9-15(10-12)17(19-18)11-16-13(2)7-5-8-14(16)3/h5,7-8,12,15,17,19H,4,6,9-11,18H2,1-3H3. The smallest absolute Gasteiger partial charge is 0.0279 e. The summed E-state index contributed by atoms with van der Waals surface area (Å²) in [6.45, 7) is 6.79. The summed E-state index contributed by atoms with van der Waals surface area (Å²) in [5, 5.41) is 0. The molecule has 3 unspecified atom stereocenters. The summed E-state index contributed by atoms with van der Waals surface area (Å²) in [4.78, 5) is 0. The zero-order chi connectivity index (χ0) is 13.8. The molecule has 19 heavy (non-hydrogen) atoms. The van der Waals surface area contributed by atoms with Crippen LogP contribution in [0.3, 0.4) is 0 Å². The van der Waals surface area contributed by atoms with Gasteiger partial charge in [-0.3, -0.25) is 11.3 Å². The maximum atomic E-state index is 5.85. The highest BCUT2D eigenvalue weighted by Crippen LogP contribution is 2.32. The second-order valence-electron chi connectivity index (χ2n) is 6.38. The van der Waals surface area contributed by atoms with Crippen LogP contribution >= 0.6 is 0 Å². The van der Waals surface area contributed by atoms with E-state index in [0.717, 1.165) is 18.3 Å². The fourth-order valence-corrected chi connectivity index (χ4v) is 3.60. The molecule has 0 amide bonds. The average molecular weight is 260 g/mol. The monoisotopic (exact) mass is 260 g/mol. The summed E-state index contributed by atoms with van der Waals surface area (Å²) in [5.74, 6) is 7.43. The Hall–Kier alpha value is -0.860. The van der Waals surface area contributed by atoms with Crippen LogP contribution in [0.25, 0.3) is 0 Å². The van der Waals surface area contributed by atoms with Gasteiger partial charge in [0.15, 0.2) is 0 Å². The summed E-state index contributed by atoms with van der Waals surface area (Å²) >= 11 is 0. The zero-order valence-corrected chi connectivity index (χ0v) is 12.6. The Kier molecular flexibility index (Phi) is 5.00. The lowest BCUT2D eigenvalue weighted by Crippen LogP contribution is -2.44. The van der Waals surface area contributed by atoms with Crippen LogP contribution in [-0.4, -0.2) is 6.04 Å². The molecule has 0 aromatic heterocycles. The molecule has 3 N–H and O–H groups in total. The van der Waals surface area contributed by atoms with Crippen LogP contribution < -0.4 is 11.3 Å². The van der Waals surface area contributed by atoms with Crippen LogP contribution in [0.4, 0.5) is 0 Å². The molecule has 1 aromatic carbocycles. The van der Waals surface area contributed by atoms with Gasteiger partial charge in [-0.2, -0.15) is 0 Å². The Balaban J connectivity index is 2.10. The minimum absolute atomic E-state index is 0.419. The van der Waals surface area contributed by atoms with Crippen molar-refractivity contribution in [1.29, 1.82) is 0 Å². The summed E-state index contributed by atoms with van der Waals surface area (Å²) in [7, 11) is 0. The van der Waals surface area contributed by atoms with E-state index in [2.05, 4.69) is 44.4 Å². The second kappa shape index (κ2) is 6.53. The molecule has 0 saturated heterocycles. The Morgan fingerprint density at radius 3 is 2.53 bits per heavy atom. The molecule has 1 aromatic rings. The van der Waals surface area contributed by atoms with Crippen molar-refractivity contribution in [1.82, 2.24) is 5.43 Å². The molecule has 2 nitrogen and oxygen atoms in total. The largest absolute Gasteiger partial charge is 0.271 e. The molecule has 3 atom stereocenters. The van der Waals surface area contributed by atoms with Gasteiger partial charge < -0.3 is 0 Å². The van der Waals surface area contributed by atoms with Crippen LogP contribution in [0.2, 0.25) is 0 Å². The first-order valence-electron chi connectivity index (χ1n) is 7.63. The fraction of sp³-hybridized carbons (Fsp3) is 0.647. The van der Waals surface area contributed by atoms with Crippen LogP contribution in [0.15, 0.2) is 18.2 Å². The van der Waals surface area contributed by atoms with Crippen molar-refractivity contribution in [3.8, 4) is 0 Å². The number of aryl methyl sites for hydroxylation is 2. The van der Waals surface area contributed by atoms with E-state index in [9.17, 15) is 0 Å². The lowest BCUT2D eigenvalue weighted by Gasteiger charge is -2.33. The normalized spacial score (nSPS) is 25.3. The van der Waals surface area contributed by atoms with Gasteiger partial charge in [0.05, 0.1) is 0 Å². The van der Waals surface area contributed by atoms with Gasteiger partial charge in [0.2, 0.25) is 0 Å². The summed E-state index contributed by atoms with van der Waals surface area (Å²) in [6, 6.07) is 6.98. The number of nitrogens with one attached hydrogen (secondary N) is 1. The molecule has 0 radical (unpaired) electrons. The molecular weight excluding hydrogens is 232 g/mol. The molecule has 2 heteroatoms. The van der Waals surface area contributed by atoms with E-state index in [-0.39, 0.29) is 0 Å². The number of hydrogen-bond acceptors (Lipinski definition) is 2. The van der Waals surface area contributed by atoms with Gasteiger partial charge in [0.1, 0.15) is 0 Å². The Morgan fingerprint density at radius 1 is 1.26 bits per heavy atom. The van der Waals surface area contributed by atoms with Gasteiger partial charge in [0.25, 0.3) is 0 Å². The lowest BCUT2D eigenvalue weighted by molar-refractivity contribution is 0.221. The molecule has 0 aliphatic heterocycles. The van der Waals surface area contributed by atoms with E-state index < -0.39 is 0 Å². The Labute approximate surface area is 117 Å². The number of rotatable bonds is 4. The third-order valence-electron chi connectivity index (χ3n) is 4.83. The summed E-state index contributed by atoms with van der Waals surface area (Å²) < 4.78 is 0. The molecule has 106 valence electrons. The van der Waals surface area contributed by atoms with Crippen molar-refractivity contribution in [3.63, 3.8) is 0 Å². The summed E-state index contributed by atoms with van der Waals surface area (Å²) in [5.41, 5.74) is 7.36. The predicted molar refractivity (Wildman–Crippen MR) is 81.9 cm³/mol. The number of benzene rings is 1. The molecule has 0 bridgehead atoms. The Morgan fingerprint density at radius 2 is 1.95 bits per heavy atom. The van der Waals surface area contributed by atoms with Gasteiger partial charge in [-0.15, -0.1) is 0 Å². The fourth-order valence-electron chi connectivity index (χ4n) is 3.60. The first kappa shape index (κ1) is 14.5. The minimum atomic E-state index is 0.419. The van der Waals surface area contributed by atoms with Crippen molar-refractivity contribution in [2.45, 2.75) is 58.9 Å². The van der Waals surface area contributed by atoms with Gasteiger partial charge in [-0.25, -0.2) is 0 Å². The maximum Gasteiger partial charge on any atom is 0.0279 e. The maximum absolute atomic E-state index is 5.85. The molecule has 0 spiro atoms. The lowest BCUT2D eigenvalue weighted by atomic mass is 9.76. The van der Waals surface area contributed by atoms with Crippen molar-refractivity contribution in [2.24, 2.45) is 17.7 Å². The molecule has 1 saturated carbocycles. The predicted octanol–water partition coefficient (Wildman–Crippen LogP) is 3.50. The SMILES string of the molecule is Cc1cccc(C)c1CC(NN)C1CCCC(C)C1. The van der Waals surface area contributed by atoms with Crippen molar-refractivity contribution in [3.05, 3.63) is 34.9 Å².